The van der Waals surface area contributed by atoms with Crippen LogP contribution in [0, 0.1) is 0 Å². The molecular formula is C21H18Cl2N2O4S. The van der Waals surface area contributed by atoms with Crippen LogP contribution in [0.4, 0.5) is 11.4 Å². The van der Waals surface area contributed by atoms with Gasteiger partial charge in [0, 0.05) is 18.3 Å². The maximum Gasteiger partial charge on any atom is 0.264 e. The summed E-state index contributed by atoms with van der Waals surface area (Å²) >= 11 is 11.8. The quantitative estimate of drug-likeness (QED) is 0.551. The third-order valence-corrected chi connectivity index (χ3v) is 6.93. The molecule has 6 nitrogen and oxygen atoms in total. The van der Waals surface area contributed by atoms with Crippen molar-refractivity contribution in [2.75, 3.05) is 23.8 Å². The van der Waals surface area contributed by atoms with Gasteiger partial charge in [0.2, 0.25) is 0 Å². The normalized spacial score (nSPS) is 11.1. The predicted molar refractivity (Wildman–Crippen MR) is 119 cm³/mol. The van der Waals surface area contributed by atoms with E-state index in [1.54, 1.807) is 54.6 Å². The first-order valence-corrected chi connectivity index (χ1v) is 10.9. The molecule has 3 rings (SSSR count). The summed E-state index contributed by atoms with van der Waals surface area (Å²) in [5.41, 5.74) is 1.27. The standard InChI is InChI=1S/C21H18Cl2N2O4S/c1-25(30(27,28)18-10-8-17(29-2)9-11-18)16-6-3-14(4-7-16)21(26)24-15-5-12-19(22)20(23)13-15/h3-13H,1-2H3,(H,24,26). The minimum Gasteiger partial charge on any atom is -0.497 e. The second-order valence-corrected chi connectivity index (χ2v) is 9.06. The molecule has 0 fully saturated rings. The van der Waals surface area contributed by atoms with Crippen LogP contribution in [-0.4, -0.2) is 28.5 Å². The lowest BCUT2D eigenvalue weighted by atomic mass is 10.2. The van der Waals surface area contributed by atoms with Gasteiger partial charge in [0.1, 0.15) is 5.75 Å². The third-order valence-electron chi connectivity index (χ3n) is 4.39. The number of methoxy groups -OCH3 is 1. The number of hydrogen-bond donors (Lipinski definition) is 1. The summed E-state index contributed by atoms with van der Waals surface area (Å²) in [6.45, 7) is 0. The molecule has 1 amide bonds. The van der Waals surface area contributed by atoms with Crippen molar-refractivity contribution >= 4 is 50.5 Å². The highest BCUT2D eigenvalue weighted by Crippen LogP contribution is 2.26. The van der Waals surface area contributed by atoms with Crippen molar-refractivity contribution in [1.82, 2.24) is 0 Å². The second-order valence-electron chi connectivity index (χ2n) is 6.28. The van der Waals surface area contributed by atoms with E-state index in [1.807, 2.05) is 0 Å². The maximum absolute atomic E-state index is 12.8. The van der Waals surface area contributed by atoms with Gasteiger partial charge < -0.3 is 10.1 Å². The average molecular weight is 465 g/mol. The summed E-state index contributed by atoms with van der Waals surface area (Å²) in [6.07, 6.45) is 0. The molecule has 0 unspecified atom stereocenters. The fourth-order valence-electron chi connectivity index (χ4n) is 2.64. The first kappa shape index (κ1) is 22.0. The van der Waals surface area contributed by atoms with Crippen molar-refractivity contribution in [3.05, 3.63) is 82.3 Å². The number of carbonyl (C=O) groups is 1. The van der Waals surface area contributed by atoms with Crippen molar-refractivity contribution in [3.63, 3.8) is 0 Å². The monoisotopic (exact) mass is 464 g/mol. The summed E-state index contributed by atoms with van der Waals surface area (Å²) in [5, 5.41) is 3.43. The number of carbonyl (C=O) groups excluding carboxylic acids is 1. The van der Waals surface area contributed by atoms with Gasteiger partial charge in [0.05, 0.1) is 27.7 Å². The fraction of sp³-hybridized carbons (Fsp3) is 0.0952. The molecule has 1 N–H and O–H groups in total. The van der Waals surface area contributed by atoms with Gasteiger partial charge in [0.25, 0.3) is 15.9 Å². The first-order chi connectivity index (χ1) is 14.2. The lowest BCUT2D eigenvalue weighted by molar-refractivity contribution is 0.102. The van der Waals surface area contributed by atoms with Crippen LogP contribution in [-0.2, 0) is 10.0 Å². The van der Waals surface area contributed by atoms with Gasteiger partial charge >= 0.3 is 0 Å². The first-order valence-electron chi connectivity index (χ1n) is 8.72. The Morgan fingerprint density at radius 1 is 0.933 bits per heavy atom. The number of hydrogen-bond acceptors (Lipinski definition) is 4. The Morgan fingerprint density at radius 3 is 2.13 bits per heavy atom. The lowest BCUT2D eigenvalue weighted by Crippen LogP contribution is -2.26. The van der Waals surface area contributed by atoms with Crippen molar-refractivity contribution in [2.45, 2.75) is 4.90 Å². The average Bonchev–Trinajstić information content (AvgIpc) is 2.76. The molecular weight excluding hydrogens is 447 g/mol. The van der Waals surface area contributed by atoms with Gasteiger partial charge in [0.15, 0.2) is 0 Å². The number of nitrogens with one attached hydrogen (secondary N) is 1. The zero-order chi connectivity index (χ0) is 21.9. The fourth-order valence-corrected chi connectivity index (χ4v) is 4.14. The molecule has 0 aliphatic carbocycles. The van der Waals surface area contributed by atoms with Crippen molar-refractivity contribution in [2.24, 2.45) is 0 Å². The van der Waals surface area contributed by atoms with Gasteiger partial charge in [-0.3, -0.25) is 9.10 Å². The molecule has 0 aliphatic rings. The molecule has 0 aliphatic heterocycles. The Balaban J connectivity index is 1.76. The SMILES string of the molecule is COc1ccc(S(=O)(=O)N(C)c2ccc(C(=O)Nc3ccc(Cl)c(Cl)c3)cc2)cc1. The molecule has 0 radical (unpaired) electrons. The highest BCUT2D eigenvalue weighted by atomic mass is 35.5. The molecule has 0 atom stereocenters. The topological polar surface area (TPSA) is 75.7 Å². The van der Waals surface area contributed by atoms with E-state index in [-0.39, 0.29) is 10.8 Å². The van der Waals surface area contributed by atoms with E-state index >= 15 is 0 Å². The largest absolute Gasteiger partial charge is 0.497 e. The molecule has 156 valence electrons. The van der Waals surface area contributed by atoms with E-state index in [0.29, 0.717) is 32.7 Å². The Labute approximate surface area is 185 Å². The highest BCUT2D eigenvalue weighted by Gasteiger charge is 2.21. The summed E-state index contributed by atoms with van der Waals surface area (Å²) in [5.74, 6) is 0.203. The van der Waals surface area contributed by atoms with Crippen LogP contribution in [0.3, 0.4) is 0 Å². The van der Waals surface area contributed by atoms with Crippen molar-refractivity contribution < 1.29 is 17.9 Å². The molecule has 0 spiro atoms. The molecule has 0 aromatic heterocycles. The number of sulfonamides is 1. The molecule has 0 saturated carbocycles. The van der Waals surface area contributed by atoms with E-state index < -0.39 is 10.0 Å². The van der Waals surface area contributed by atoms with Crippen LogP contribution in [0.25, 0.3) is 0 Å². The number of nitrogens with zero attached hydrogens (tertiary/aromatic N) is 1. The molecule has 0 heterocycles. The highest BCUT2D eigenvalue weighted by molar-refractivity contribution is 7.92. The predicted octanol–water partition coefficient (Wildman–Crippen LogP) is 5.08. The Morgan fingerprint density at radius 2 is 1.57 bits per heavy atom. The smallest absolute Gasteiger partial charge is 0.264 e. The van der Waals surface area contributed by atoms with E-state index in [9.17, 15) is 13.2 Å². The van der Waals surface area contributed by atoms with E-state index in [4.69, 9.17) is 27.9 Å². The zero-order valence-electron chi connectivity index (χ0n) is 16.1. The Hall–Kier alpha value is -2.74. The lowest BCUT2D eigenvalue weighted by Gasteiger charge is -2.20. The van der Waals surface area contributed by atoms with Gasteiger partial charge in [-0.2, -0.15) is 0 Å². The minimum atomic E-state index is -3.76. The molecule has 9 heteroatoms. The van der Waals surface area contributed by atoms with Gasteiger partial charge in [-0.05, 0) is 66.7 Å². The van der Waals surface area contributed by atoms with E-state index in [2.05, 4.69) is 5.32 Å². The number of benzene rings is 3. The molecule has 3 aromatic rings. The summed E-state index contributed by atoms with van der Waals surface area (Å²) < 4.78 is 31.9. The molecule has 30 heavy (non-hydrogen) atoms. The third kappa shape index (κ3) is 4.70. The van der Waals surface area contributed by atoms with Crippen LogP contribution < -0.4 is 14.4 Å². The van der Waals surface area contributed by atoms with Crippen LogP contribution >= 0.6 is 23.2 Å². The van der Waals surface area contributed by atoms with E-state index in [1.165, 1.54) is 26.3 Å². The number of rotatable bonds is 6. The number of amides is 1. The van der Waals surface area contributed by atoms with Crippen LogP contribution in [0.2, 0.25) is 10.0 Å². The Kier molecular flexibility index (Phi) is 6.55. The van der Waals surface area contributed by atoms with Gasteiger partial charge in [-0.1, -0.05) is 23.2 Å². The van der Waals surface area contributed by atoms with Gasteiger partial charge in [-0.15, -0.1) is 0 Å². The second kappa shape index (κ2) is 8.95. The maximum atomic E-state index is 12.8. The number of ether oxygens (including phenoxy) is 1. The Bertz CT molecular complexity index is 1160. The summed E-state index contributed by atoms with van der Waals surface area (Å²) in [6, 6.07) is 17.1. The van der Waals surface area contributed by atoms with Crippen LogP contribution in [0.5, 0.6) is 5.75 Å². The van der Waals surface area contributed by atoms with Crippen molar-refractivity contribution in [3.8, 4) is 5.75 Å². The number of halogens is 2. The zero-order valence-corrected chi connectivity index (χ0v) is 18.4. The molecule has 0 bridgehead atoms. The van der Waals surface area contributed by atoms with Gasteiger partial charge in [-0.25, -0.2) is 8.42 Å². The summed E-state index contributed by atoms with van der Waals surface area (Å²) in [7, 11) is -0.800. The van der Waals surface area contributed by atoms with E-state index in [0.717, 1.165) is 4.31 Å². The number of anilines is 2. The van der Waals surface area contributed by atoms with Crippen molar-refractivity contribution in [1.29, 1.82) is 0 Å². The summed E-state index contributed by atoms with van der Waals surface area (Å²) in [4.78, 5) is 12.6. The van der Waals surface area contributed by atoms with Crippen LogP contribution in [0.15, 0.2) is 71.6 Å². The molecule has 3 aromatic carbocycles. The van der Waals surface area contributed by atoms with Crippen LogP contribution in [0.1, 0.15) is 10.4 Å². The minimum absolute atomic E-state index is 0.132. The molecule has 0 saturated heterocycles.